The van der Waals surface area contributed by atoms with E-state index >= 15 is 0 Å². The summed E-state index contributed by atoms with van der Waals surface area (Å²) in [6.45, 7) is 4.72. The molecule has 0 radical (unpaired) electrons. The largest absolute Gasteiger partial charge is 0.309 e. The van der Waals surface area contributed by atoms with Crippen molar-refractivity contribution in [1.29, 1.82) is 0 Å². The molecule has 0 amide bonds. The second kappa shape index (κ2) is 12.8. The first-order valence-electron chi connectivity index (χ1n) is 18.9. The molecule has 0 unspecified atom stereocenters. The van der Waals surface area contributed by atoms with E-state index in [0.717, 1.165) is 17.1 Å². The maximum atomic E-state index is 2.49. The molecule has 1 aliphatic carbocycles. The van der Waals surface area contributed by atoms with Crippen LogP contribution in [0.3, 0.4) is 0 Å². The Hall–Kier alpha value is -6.70. The smallest absolute Gasteiger partial charge is 0.0540 e. The lowest BCUT2D eigenvalue weighted by Gasteiger charge is -2.31. The van der Waals surface area contributed by atoms with Crippen molar-refractivity contribution in [2.75, 3.05) is 4.90 Å². The molecule has 0 saturated heterocycles. The third-order valence-corrected chi connectivity index (χ3v) is 11.5. The molecule has 54 heavy (non-hydrogen) atoms. The summed E-state index contributed by atoms with van der Waals surface area (Å²) in [6, 6.07) is 73.5. The number of para-hydroxylation sites is 2. The zero-order chi connectivity index (χ0) is 36.2. The molecule has 9 aromatic rings. The number of nitrogens with zero attached hydrogens (tertiary/aromatic N) is 1. The van der Waals surface area contributed by atoms with Crippen LogP contribution in [-0.4, -0.2) is 0 Å². The van der Waals surface area contributed by atoms with E-state index in [4.69, 9.17) is 0 Å². The molecule has 0 bridgehead atoms. The van der Waals surface area contributed by atoms with E-state index in [0.29, 0.717) is 0 Å². The second-order valence-electron chi connectivity index (χ2n) is 14.9. The topological polar surface area (TPSA) is 3.24 Å². The third-order valence-electron chi connectivity index (χ3n) is 11.5. The summed E-state index contributed by atoms with van der Waals surface area (Å²) in [6.07, 6.45) is 0. The molecule has 0 aliphatic heterocycles. The Kier molecular flexibility index (Phi) is 7.56. The third kappa shape index (κ3) is 5.16. The Bertz CT molecular complexity index is 2870. The minimum atomic E-state index is -0.0915. The molecule has 0 heterocycles. The number of anilines is 3. The lowest BCUT2D eigenvalue weighted by atomic mass is 9.82. The molecule has 0 spiro atoms. The van der Waals surface area contributed by atoms with Crippen molar-refractivity contribution in [2.24, 2.45) is 0 Å². The Morgan fingerprint density at radius 3 is 1.70 bits per heavy atom. The quantitative estimate of drug-likeness (QED) is 0.168. The molecule has 0 saturated carbocycles. The summed E-state index contributed by atoms with van der Waals surface area (Å²) < 4.78 is 0. The fourth-order valence-electron chi connectivity index (χ4n) is 8.83. The summed E-state index contributed by atoms with van der Waals surface area (Å²) in [7, 11) is 0. The average Bonchev–Trinajstić information content (AvgIpc) is 3.47. The average molecular weight is 690 g/mol. The van der Waals surface area contributed by atoms with E-state index in [1.807, 2.05) is 0 Å². The fourth-order valence-corrected chi connectivity index (χ4v) is 8.83. The number of hydrogen-bond donors (Lipinski definition) is 0. The van der Waals surface area contributed by atoms with Gasteiger partial charge in [-0.25, -0.2) is 0 Å². The lowest BCUT2D eigenvalue weighted by Crippen LogP contribution is -2.15. The van der Waals surface area contributed by atoms with Crippen molar-refractivity contribution in [3.63, 3.8) is 0 Å². The number of hydrogen-bond acceptors (Lipinski definition) is 1. The Morgan fingerprint density at radius 1 is 0.352 bits per heavy atom. The number of rotatable bonds is 6. The molecule has 256 valence electrons. The maximum Gasteiger partial charge on any atom is 0.0540 e. The first-order valence-corrected chi connectivity index (χ1v) is 18.9. The highest BCUT2D eigenvalue weighted by atomic mass is 15.1. The highest BCUT2D eigenvalue weighted by Gasteiger charge is 2.37. The second-order valence-corrected chi connectivity index (χ2v) is 14.9. The summed E-state index contributed by atoms with van der Waals surface area (Å²) in [4.78, 5) is 2.49. The van der Waals surface area contributed by atoms with Gasteiger partial charge in [0.2, 0.25) is 0 Å². The van der Waals surface area contributed by atoms with Gasteiger partial charge in [-0.1, -0.05) is 184 Å². The summed E-state index contributed by atoms with van der Waals surface area (Å²) >= 11 is 0. The summed E-state index contributed by atoms with van der Waals surface area (Å²) in [5, 5.41) is 4.96. The molecule has 1 aliphatic rings. The molecule has 0 aromatic heterocycles. The molecule has 0 atom stereocenters. The minimum absolute atomic E-state index is 0.0915. The van der Waals surface area contributed by atoms with Crippen molar-refractivity contribution in [1.82, 2.24) is 0 Å². The van der Waals surface area contributed by atoms with Gasteiger partial charge in [-0.2, -0.15) is 0 Å². The van der Waals surface area contributed by atoms with Gasteiger partial charge in [0.1, 0.15) is 0 Å². The molecule has 0 N–H and O–H groups in total. The Balaban J connectivity index is 1.24. The van der Waals surface area contributed by atoms with Crippen LogP contribution < -0.4 is 4.90 Å². The van der Waals surface area contributed by atoms with E-state index in [2.05, 4.69) is 219 Å². The van der Waals surface area contributed by atoms with Crippen LogP contribution in [0.25, 0.3) is 66.1 Å². The first-order chi connectivity index (χ1) is 26.6. The Morgan fingerprint density at radius 2 is 0.889 bits per heavy atom. The van der Waals surface area contributed by atoms with Crippen molar-refractivity contribution >= 4 is 38.6 Å². The van der Waals surface area contributed by atoms with E-state index in [1.165, 1.54) is 77.2 Å². The van der Waals surface area contributed by atoms with Crippen molar-refractivity contribution in [3.05, 3.63) is 211 Å². The van der Waals surface area contributed by atoms with Gasteiger partial charge in [-0.3, -0.25) is 0 Å². The number of fused-ring (bicyclic) bond motifs is 5. The van der Waals surface area contributed by atoms with Crippen LogP contribution in [-0.2, 0) is 5.41 Å². The predicted molar refractivity (Wildman–Crippen MR) is 230 cm³/mol. The zero-order valence-electron chi connectivity index (χ0n) is 30.5. The van der Waals surface area contributed by atoms with Crippen LogP contribution in [0.2, 0.25) is 0 Å². The molecular formula is C53H39N. The zero-order valence-corrected chi connectivity index (χ0v) is 30.5. The van der Waals surface area contributed by atoms with Crippen LogP contribution in [0.5, 0.6) is 0 Å². The fraction of sp³-hybridized carbons (Fsp3) is 0.0566. The molecule has 10 rings (SSSR count). The van der Waals surface area contributed by atoms with Crippen LogP contribution in [0, 0.1) is 0 Å². The summed E-state index contributed by atoms with van der Waals surface area (Å²) in [5.74, 6) is 0. The first kappa shape index (κ1) is 32.0. The van der Waals surface area contributed by atoms with Gasteiger partial charge in [0.15, 0.2) is 0 Å². The maximum absolute atomic E-state index is 2.49. The van der Waals surface area contributed by atoms with Crippen molar-refractivity contribution < 1.29 is 0 Å². The van der Waals surface area contributed by atoms with E-state index in [1.54, 1.807) is 0 Å². The van der Waals surface area contributed by atoms with Gasteiger partial charge >= 0.3 is 0 Å². The van der Waals surface area contributed by atoms with Crippen molar-refractivity contribution in [2.45, 2.75) is 19.3 Å². The molecule has 1 nitrogen and oxygen atoms in total. The van der Waals surface area contributed by atoms with Gasteiger partial charge in [0, 0.05) is 22.2 Å². The number of benzene rings is 9. The van der Waals surface area contributed by atoms with Gasteiger partial charge in [-0.05, 0) is 96.4 Å². The van der Waals surface area contributed by atoms with Gasteiger partial charge in [0.05, 0.1) is 11.4 Å². The van der Waals surface area contributed by atoms with Crippen LogP contribution in [0.15, 0.2) is 200 Å². The van der Waals surface area contributed by atoms with Gasteiger partial charge in [-0.15, -0.1) is 0 Å². The van der Waals surface area contributed by atoms with E-state index < -0.39 is 0 Å². The van der Waals surface area contributed by atoms with E-state index in [-0.39, 0.29) is 5.41 Å². The van der Waals surface area contributed by atoms with Crippen molar-refractivity contribution in [3.8, 4) is 44.5 Å². The monoisotopic (exact) mass is 689 g/mol. The predicted octanol–water partition coefficient (Wildman–Crippen LogP) is 14.8. The van der Waals surface area contributed by atoms with Crippen LogP contribution in [0.4, 0.5) is 17.1 Å². The molecule has 0 fully saturated rings. The minimum Gasteiger partial charge on any atom is -0.309 e. The lowest BCUT2D eigenvalue weighted by molar-refractivity contribution is 0.660. The Labute approximate surface area is 317 Å². The standard InChI is InChI=1S/C53H39N/c1-53(2)48-28-10-7-25-47(48)52-46(27-15-29-49(52)53)45-24-9-12-31-51(45)54(41-21-13-20-39(35-41)40-33-32-36-16-3-4-18-38(36)34-40)50-30-11-8-23-44(50)43-26-14-19-37-17-5-6-22-42(37)43/h3-35H,1-2H3. The highest BCUT2D eigenvalue weighted by Crippen LogP contribution is 2.54. The van der Waals surface area contributed by atoms with Crippen LogP contribution >= 0.6 is 0 Å². The normalized spacial score (nSPS) is 12.8. The highest BCUT2D eigenvalue weighted by molar-refractivity contribution is 6.04. The SMILES string of the molecule is CC1(C)c2ccccc2-c2c(-c3ccccc3N(c3cccc(-c4ccc5ccccc5c4)c3)c3ccccc3-c3cccc4ccccc34)cccc21. The van der Waals surface area contributed by atoms with Gasteiger partial charge in [0.25, 0.3) is 0 Å². The summed E-state index contributed by atoms with van der Waals surface area (Å²) in [5.41, 5.74) is 15.9. The van der Waals surface area contributed by atoms with Gasteiger partial charge < -0.3 is 4.90 Å². The molecule has 1 heteroatoms. The molecule has 9 aromatic carbocycles. The van der Waals surface area contributed by atoms with E-state index in [9.17, 15) is 0 Å². The molecular weight excluding hydrogens is 651 g/mol. The van der Waals surface area contributed by atoms with Crippen LogP contribution in [0.1, 0.15) is 25.0 Å².